The predicted octanol–water partition coefficient (Wildman–Crippen LogP) is 3.62. The van der Waals surface area contributed by atoms with E-state index in [1.807, 2.05) is 51.9 Å². The van der Waals surface area contributed by atoms with Crippen molar-refractivity contribution in [3.63, 3.8) is 0 Å². The van der Waals surface area contributed by atoms with E-state index in [2.05, 4.69) is 12.1 Å². The van der Waals surface area contributed by atoms with E-state index in [0.717, 1.165) is 24.8 Å². The summed E-state index contributed by atoms with van der Waals surface area (Å²) in [5.41, 5.74) is 2.33. The highest BCUT2D eigenvalue weighted by Crippen LogP contribution is 2.28. The Kier molecular flexibility index (Phi) is 6.85. The molecule has 1 atom stereocenters. The number of nitrogens with zero attached hydrogens (tertiary/aromatic N) is 3. The fourth-order valence-electron chi connectivity index (χ4n) is 4.47. The molecule has 0 aliphatic carbocycles. The zero-order valence-corrected chi connectivity index (χ0v) is 18.9. The first-order valence-electron chi connectivity index (χ1n) is 10.8. The lowest BCUT2D eigenvalue weighted by atomic mass is 9.84. The number of carbonyl (C=O) groups excluding carboxylic acids is 2. The summed E-state index contributed by atoms with van der Waals surface area (Å²) in [5, 5.41) is 15.4. The maximum absolute atomic E-state index is 13.1. The highest BCUT2D eigenvalue weighted by Gasteiger charge is 2.33. The average molecular weight is 450 g/mol. The van der Waals surface area contributed by atoms with Crippen LogP contribution in [0.1, 0.15) is 39.1 Å². The Bertz CT molecular complexity index is 1050. The zero-order chi connectivity index (χ0) is 22.5. The lowest BCUT2D eigenvalue weighted by molar-refractivity contribution is -0.605. The second-order valence-electron chi connectivity index (χ2n) is 8.27. The molecule has 0 radical (unpaired) electrons. The molecular weight excluding hydrogens is 422 g/mol. The molecule has 0 spiro atoms. The number of carbonyl (C=O) groups is 2. The number of benzene rings is 1. The van der Waals surface area contributed by atoms with E-state index in [1.54, 1.807) is 12.1 Å². The summed E-state index contributed by atoms with van der Waals surface area (Å²) < 4.78 is 0.654. The molecule has 0 saturated carbocycles. The van der Waals surface area contributed by atoms with Crippen molar-refractivity contribution in [1.29, 1.82) is 0 Å². The normalized spacial score (nSPS) is 15.3. The van der Waals surface area contributed by atoms with Crippen LogP contribution >= 0.6 is 11.3 Å². The number of aromatic nitrogens is 1. The molecule has 1 aliphatic rings. The molecule has 2 amide bonds. The maximum Gasteiger partial charge on any atom is 0.259 e. The number of piperidine rings is 1. The van der Waals surface area contributed by atoms with Crippen LogP contribution in [0.3, 0.4) is 0 Å². The van der Waals surface area contributed by atoms with Gasteiger partial charge in [0, 0.05) is 37.6 Å². The summed E-state index contributed by atoms with van der Waals surface area (Å²) in [7, 11) is 1.89. The van der Waals surface area contributed by atoms with Gasteiger partial charge in [-0.25, -0.2) is 0 Å². The number of amides is 2. The van der Waals surface area contributed by atoms with Crippen molar-refractivity contribution < 1.29 is 14.3 Å². The molecule has 1 saturated heterocycles. The summed E-state index contributed by atoms with van der Waals surface area (Å²) in [6, 6.07) is 15.4. The first-order valence-corrected chi connectivity index (χ1v) is 11.8. The van der Waals surface area contributed by atoms with Gasteiger partial charge in [0.1, 0.15) is 5.56 Å². The quantitative estimate of drug-likeness (QED) is 0.426. The van der Waals surface area contributed by atoms with Crippen molar-refractivity contribution in [3.8, 4) is 0 Å². The van der Waals surface area contributed by atoms with Crippen molar-refractivity contribution in [2.75, 3.05) is 20.1 Å². The smallest absolute Gasteiger partial charge is 0.259 e. The van der Waals surface area contributed by atoms with Crippen LogP contribution in [0.4, 0.5) is 0 Å². The van der Waals surface area contributed by atoms with Crippen molar-refractivity contribution in [2.45, 2.75) is 25.3 Å². The van der Waals surface area contributed by atoms with Gasteiger partial charge >= 0.3 is 0 Å². The highest BCUT2D eigenvalue weighted by molar-refractivity contribution is 7.08. The topological polar surface area (TPSA) is 67.6 Å². The molecule has 3 aromatic rings. The lowest BCUT2D eigenvalue weighted by Crippen LogP contribution is -2.48. The van der Waals surface area contributed by atoms with E-state index in [4.69, 9.17) is 0 Å². The summed E-state index contributed by atoms with van der Waals surface area (Å²) >= 11 is 1.52. The molecule has 7 heteroatoms. The Morgan fingerprint density at radius 3 is 2.53 bits per heavy atom. The molecule has 4 rings (SSSR count). The second-order valence-corrected chi connectivity index (χ2v) is 9.05. The third-order valence-corrected chi connectivity index (χ3v) is 6.95. The van der Waals surface area contributed by atoms with E-state index >= 15 is 0 Å². The number of thiophene rings is 1. The molecule has 0 N–H and O–H groups in total. The van der Waals surface area contributed by atoms with Gasteiger partial charge in [-0.05, 0) is 48.3 Å². The molecule has 1 aromatic carbocycles. The van der Waals surface area contributed by atoms with Gasteiger partial charge in [0.05, 0.1) is 5.56 Å². The zero-order valence-electron chi connectivity index (χ0n) is 18.1. The second kappa shape index (κ2) is 9.96. The number of rotatable bonds is 6. The van der Waals surface area contributed by atoms with Crippen LogP contribution < -0.4 is 4.73 Å². The molecule has 1 aliphatic heterocycles. The van der Waals surface area contributed by atoms with E-state index in [9.17, 15) is 14.8 Å². The number of pyridine rings is 1. The fraction of sp³-hybridized carbons (Fsp3) is 0.320. The van der Waals surface area contributed by atoms with E-state index in [0.29, 0.717) is 23.4 Å². The minimum absolute atomic E-state index is 0.0370. The third kappa shape index (κ3) is 4.99. The van der Waals surface area contributed by atoms with Crippen LogP contribution in [-0.2, 0) is 6.42 Å². The first-order chi connectivity index (χ1) is 15.5. The average Bonchev–Trinajstić information content (AvgIpc) is 3.37. The van der Waals surface area contributed by atoms with Gasteiger partial charge in [-0.15, -0.1) is 0 Å². The number of likely N-dealkylation sites (tertiary alicyclic amines) is 1. The van der Waals surface area contributed by atoms with Crippen LogP contribution in [-0.4, -0.2) is 47.8 Å². The molecule has 1 fully saturated rings. The number of likely N-dealkylation sites (N-methyl/N-ethyl adjacent to an activating group) is 1. The number of hydrogen-bond acceptors (Lipinski definition) is 4. The Balaban J connectivity index is 1.48. The van der Waals surface area contributed by atoms with Crippen LogP contribution in [0.5, 0.6) is 0 Å². The fourth-order valence-corrected chi connectivity index (χ4v) is 5.10. The Morgan fingerprint density at radius 1 is 1.12 bits per heavy atom. The van der Waals surface area contributed by atoms with Gasteiger partial charge in [-0.1, -0.05) is 30.3 Å². The van der Waals surface area contributed by atoms with Crippen molar-refractivity contribution in [2.24, 2.45) is 5.92 Å². The van der Waals surface area contributed by atoms with Crippen molar-refractivity contribution in [3.05, 3.63) is 93.6 Å². The maximum atomic E-state index is 13.1. The van der Waals surface area contributed by atoms with Gasteiger partial charge in [-0.2, -0.15) is 16.1 Å². The van der Waals surface area contributed by atoms with Gasteiger partial charge in [0.15, 0.2) is 12.4 Å². The SMILES string of the molecule is CN(C(=O)c1ccsc1)C(Cc1ccccc1)C1CCN(C(=O)c2ccc[n+]([O-])c2)CC1. The van der Waals surface area contributed by atoms with Crippen LogP contribution in [0.15, 0.2) is 71.7 Å². The molecule has 32 heavy (non-hydrogen) atoms. The highest BCUT2D eigenvalue weighted by atomic mass is 32.1. The van der Waals surface area contributed by atoms with Gasteiger partial charge < -0.3 is 15.0 Å². The Labute approximate surface area is 192 Å². The van der Waals surface area contributed by atoms with Crippen molar-refractivity contribution >= 4 is 23.2 Å². The third-order valence-electron chi connectivity index (χ3n) is 6.27. The minimum atomic E-state index is -0.115. The van der Waals surface area contributed by atoms with Crippen LogP contribution in [0, 0.1) is 11.1 Å². The molecule has 1 unspecified atom stereocenters. The standard InChI is InChI=1S/C25H27N3O3S/c1-26(24(29)22-11-15-32-18-22)23(16-19-6-3-2-4-7-19)20-9-13-27(14-10-20)25(30)21-8-5-12-28(31)17-21/h2-8,11-12,15,17-18,20,23H,9-10,13-14,16H2,1H3. The monoisotopic (exact) mass is 449 g/mol. The molecule has 3 heterocycles. The van der Waals surface area contributed by atoms with E-state index < -0.39 is 0 Å². The summed E-state index contributed by atoms with van der Waals surface area (Å²) in [5.74, 6) is 0.206. The number of hydrogen-bond donors (Lipinski definition) is 0. The first kappa shape index (κ1) is 22.0. The molecule has 6 nitrogen and oxygen atoms in total. The van der Waals surface area contributed by atoms with Gasteiger partial charge in [0.2, 0.25) is 0 Å². The molecule has 2 aromatic heterocycles. The van der Waals surface area contributed by atoms with Crippen molar-refractivity contribution in [1.82, 2.24) is 9.80 Å². The predicted molar refractivity (Wildman–Crippen MR) is 124 cm³/mol. The molecule has 166 valence electrons. The summed E-state index contributed by atoms with van der Waals surface area (Å²) in [6.07, 6.45) is 5.10. The van der Waals surface area contributed by atoms with Crippen LogP contribution in [0.2, 0.25) is 0 Å². The largest absolute Gasteiger partial charge is 0.619 e. The molecule has 0 bridgehead atoms. The summed E-state index contributed by atoms with van der Waals surface area (Å²) in [6.45, 7) is 1.23. The minimum Gasteiger partial charge on any atom is -0.619 e. The Hall–Kier alpha value is -3.19. The summed E-state index contributed by atoms with van der Waals surface area (Å²) in [4.78, 5) is 29.6. The Morgan fingerprint density at radius 2 is 1.88 bits per heavy atom. The van der Waals surface area contributed by atoms with Gasteiger partial charge in [0.25, 0.3) is 11.8 Å². The lowest BCUT2D eigenvalue weighted by Gasteiger charge is -2.40. The van der Waals surface area contributed by atoms with Crippen LogP contribution in [0.25, 0.3) is 0 Å². The molecular formula is C25H27N3O3S. The van der Waals surface area contributed by atoms with E-state index in [-0.39, 0.29) is 23.8 Å². The van der Waals surface area contributed by atoms with Gasteiger partial charge in [-0.3, -0.25) is 9.59 Å². The van der Waals surface area contributed by atoms with E-state index in [1.165, 1.54) is 29.3 Å².